The topological polar surface area (TPSA) is 72.2 Å². The van der Waals surface area contributed by atoms with Crippen LogP contribution >= 0.6 is 11.8 Å². The number of benzene rings is 1. The zero-order chi connectivity index (χ0) is 13.5. The molecule has 3 N–H and O–H groups in total. The van der Waals surface area contributed by atoms with Gasteiger partial charge in [-0.1, -0.05) is 19.1 Å². The molecule has 5 heteroatoms. The van der Waals surface area contributed by atoms with Gasteiger partial charge in [-0.05, 0) is 19.1 Å². The van der Waals surface area contributed by atoms with Gasteiger partial charge in [0.05, 0.1) is 5.75 Å². The van der Waals surface area contributed by atoms with Crippen molar-refractivity contribution >= 4 is 29.1 Å². The maximum atomic E-state index is 11.7. The van der Waals surface area contributed by atoms with E-state index in [0.29, 0.717) is 23.5 Å². The van der Waals surface area contributed by atoms with Crippen molar-refractivity contribution in [2.75, 3.05) is 17.6 Å². The minimum Gasteiger partial charge on any atom is -0.329 e. The molecule has 4 nitrogen and oxygen atoms in total. The van der Waals surface area contributed by atoms with E-state index in [9.17, 15) is 9.59 Å². The summed E-state index contributed by atoms with van der Waals surface area (Å²) in [5.41, 5.74) is 6.71. The van der Waals surface area contributed by atoms with Crippen LogP contribution in [0, 0.1) is 0 Å². The van der Waals surface area contributed by atoms with Crippen LogP contribution in [0.5, 0.6) is 0 Å². The van der Waals surface area contributed by atoms with Crippen LogP contribution in [0.4, 0.5) is 5.69 Å². The number of rotatable bonds is 6. The molecule has 0 aliphatic rings. The molecule has 0 fully saturated rings. The number of nitrogens with one attached hydrogen (secondary N) is 1. The van der Waals surface area contributed by atoms with E-state index in [1.807, 2.05) is 6.92 Å². The molecule has 1 rings (SSSR count). The zero-order valence-electron chi connectivity index (χ0n) is 10.6. The second-order valence-electron chi connectivity index (χ2n) is 4.04. The molecule has 0 saturated heterocycles. The number of carbonyl (C=O) groups is 2. The molecular formula is C13H18N2O2S. The molecule has 1 aromatic rings. The normalized spacial score (nSPS) is 11.9. The first-order valence-corrected chi connectivity index (χ1v) is 6.80. The van der Waals surface area contributed by atoms with Crippen LogP contribution in [0.2, 0.25) is 0 Å². The minimum atomic E-state index is -0.0824. The fourth-order valence-electron chi connectivity index (χ4n) is 1.30. The van der Waals surface area contributed by atoms with Crippen LogP contribution < -0.4 is 11.1 Å². The highest BCUT2D eigenvalue weighted by molar-refractivity contribution is 8.00. The molecule has 0 heterocycles. The smallest absolute Gasteiger partial charge is 0.234 e. The van der Waals surface area contributed by atoms with Crippen LogP contribution in [-0.4, -0.2) is 29.2 Å². The Hall–Kier alpha value is -1.33. The lowest BCUT2D eigenvalue weighted by molar-refractivity contribution is -0.113. The Morgan fingerprint density at radius 1 is 1.44 bits per heavy atom. The van der Waals surface area contributed by atoms with Crippen molar-refractivity contribution in [1.29, 1.82) is 0 Å². The first kappa shape index (κ1) is 14.7. The van der Waals surface area contributed by atoms with Gasteiger partial charge in [-0.15, -0.1) is 11.8 Å². The summed E-state index contributed by atoms with van der Waals surface area (Å²) >= 11 is 1.51. The van der Waals surface area contributed by atoms with E-state index < -0.39 is 0 Å². The Balaban J connectivity index is 2.54. The number of hydrogen-bond donors (Lipinski definition) is 2. The highest BCUT2D eigenvalue weighted by Gasteiger charge is 2.07. The molecule has 0 spiro atoms. The third kappa shape index (κ3) is 4.89. The molecule has 0 aliphatic heterocycles. The lowest BCUT2D eigenvalue weighted by Crippen LogP contribution is -2.19. The number of Topliss-reactive ketones (excluding diaryl/α,β-unsaturated/α-hetero) is 1. The lowest BCUT2D eigenvalue weighted by Gasteiger charge is -2.09. The number of nitrogens with two attached hydrogens (primary N) is 1. The standard InChI is InChI=1S/C13H18N2O2S/c1-9(7-14)18-8-13(17)15-12-5-3-4-11(6-12)10(2)16/h3-6,9H,7-8,14H2,1-2H3,(H,15,17). The summed E-state index contributed by atoms with van der Waals surface area (Å²) in [6.07, 6.45) is 0. The van der Waals surface area contributed by atoms with Gasteiger partial charge in [0.2, 0.25) is 5.91 Å². The second-order valence-corrected chi connectivity index (χ2v) is 5.47. The van der Waals surface area contributed by atoms with E-state index in [0.717, 1.165) is 0 Å². The van der Waals surface area contributed by atoms with Crippen molar-refractivity contribution in [2.24, 2.45) is 5.73 Å². The van der Waals surface area contributed by atoms with Crippen LogP contribution in [-0.2, 0) is 4.79 Å². The molecule has 0 aromatic heterocycles. The summed E-state index contributed by atoms with van der Waals surface area (Å²) in [4.78, 5) is 22.9. The summed E-state index contributed by atoms with van der Waals surface area (Å²) < 4.78 is 0. The Bertz CT molecular complexity index is 435. The van der Waals surface area contributed by atoms with Gasteiger partial charge in [-0.25, -0.2) is 0 Å². The van der Waals surface area contributed by atoms with Crippen molar-refractivity contribution in [3.05, 3.63) is 29.8 Å². The summed E-state index contributed by atoms with van der Waals surface area (Å²) in [6.45, 7) is 4.03. The summed E-state index contributed by atoms with van der Waals surface area (Å²) in [5.74, 6) is 0.265. The van der Waals surface area contributed by atoms with Crippen LogP contribution in [0.15, 0.2) is 24.3 Å². The molecule has 98 valence electrons. The molecule has 0 radical (unpaired) electrons. The van der Waals surface area contributed by atoms with E-state index in [4.69, 9.17) is 5.73 Å². The average molecular weight is 266 g/mol. The van der Waals surface area contributed by atoms with E-state index in [2.05, 4.69) is 5.32 Å². The van der Waals surface area contributed by atoms with Gasteiger partial charge in [-0.3, -0.25) is 9.59 Å². The molecule has 1 aromatic carbocycles. The van der Waals surface area contributed by atoms with Crippen LogP contribution in [0.3, 0.4) is 0 Å². The van der Waals surface area contributed by atoms with Crippen molar-refractivity contribution in [2.45, 2.75) is 19.1 Å². The number of carbonyl (C=O) groups excluding carboxylic acids is 2. The molecule has 0 saturated carbocycles. The predicted molar refractivity (Wildman–Crippen MR) is 76.1 cm³/mol. The van der Waals surface area contributed by atoms with Gasteiger partial charge < -0.3 is 11.1 Å². The third-order valence-corrected chi connectivity index (χ3v) is 3.57. The summed E-state index contributed by atoms with van der Waals surface area (Å²) in [6, 6.07) is 6.92. The highest BCUT2D eigenvalue weighted by Crippen LogP contribution is 2.13. The Labute approximate surface area is 111 Å². The first-order valence-electron chi connectivity index (χ1n) is 5.75. The van der Waals surface area contributed by atoms with Crippen molar-refractivity contribution in [3.63, 3.8) is 0 Å². The number of hydrogen-bond acceptors (Lipinski definition) is 4. The number of amides is 1. The zero-order valence-corrected chi connectivity index (χ0v) is 11.4. The molecule has 1 amide bonds. The summed E-state index contributed by atoms with van der Waals surface area (Å²) in [7, 11) is 0. The predicted octanol–water partition coefficient (Wildman–Crippen LogP) is 1.91. The number of ketones is 1. The van der Waals surface area contributed by atoms with Gasteiger partial charge in [0.1, 0.15) is 0 Å². The maximum absolute atomic E-state index is 11.7. The van der Waals surface area contributed by atoms with Crippen LogP contribution in [0.1, 0.15) is 24.2 Å². The second kappa shape index (κ2) is 7.18. The van der Waals surface area contributed by atoms with E-state index in [1.165, 1.54) is 18.7 Å². The highest BCUT2D eigenvalue weighted by atomic mass is 32.2. The number of thioether (sulfide) groups is 1. The van der Waals surface area contributed by atoms with Gasteiger partial charge in [0.25, 0.3) is 0 Å². The molecule has 0 aliphatic carbocycles. The third-order valence-electron chi connectivity index (χ3n) is 2.38. The van der Waals surface area contributed by atoms with Gasteiger partial charge >= 0.3 is 0 Å². The van der Waals surface area contributed by atoms with Crippen LogP contribution in [0.25, 0.3) is 0 Å². The first-order chi connectivity index (χ1) is 8.52. The van der Waals surface area contributed by atoms with Crippen molar-refractivity contribution in [1.82, 2.24) is 0 Å². The number of anilines is 1. The molecule has 1 atom stereocenters. The fourth-order valence-corrected chi connectivity index (χ4v) is 1.94. The van der Waals surface area contributed by atoms with Crippen molar-refractivity contribution in [3.8, 4) is 0 Å². The van der Waals surface area contributed by atoms with E-state index in [-0.39, 0.29) is 16.9 Å². The quantitative estimate of drug-likeness (QED) is 0.771. The lowest BCUT2D eigenvalue weighted by atomic mass is 10.1. The molecule has 0 bridgehead atoms. The maximum Gasteiger partial charge on any atom is 0.234 e. The Morgan fingerprint density at radius 2 is 2.17 bits per heavy atom. The molecule has 18 heavy (non-hydrogen) atoms. The Morgan fingerprint density at radius 3 is 2.78 bits per heavy atom. The molecule has 1 unspecified atom stereocenters. The monoisotopic (exact) mass is 266 g/mol. The van der Waals surface area contributed by atoms with Gasteiger partial charge in [-0.2, -0.15) is 0 Å². The summed E-state index contributed by atoms with van der Waals surface area (Å²) in [5, 5.41) is 3.03. The average Bonchev–Trinajstić information content (AvgIpc) is 2.36. The SMILES string of the molecule is CC(=O)c1cccc(NC(=O)CSC(C)CN)c1. The molecular weight excluding hydrogens is 248 g/mol. The fraction of sp³-hybridized carbons (Fsp3) is 0.385. The Kier molecular flexibility index (Phi) is 5.88. The van der Waals surface area contributed by atoms with Gasteiger partial charge in [0.15, 0.2) is 5.78 Å². The van der Waals surface area contributed by atoms with Gasteiger partial charge in [0, 0.05) is 23.0 Å². The largest absolute Gasteiger partial charge is 0.329 e. The minimum absolute atomic E-state index is 0.0165. The van der Waals surface area contributed by atoms with E-state index in [1.54, 1.807) is 24.3 Å². The van der Waals surface area contributed by atoms with E-state index >= 15 is 0 Å². The van der Waals surface area contributed by atoms with Crippen molar-refractivity contribution < 1.29 is 9.59 Å².